The second-order valence-electron chi connectivity index (χ2n) is 7.64. The first-order valence-electron chi connectivity index (χ1n) is 10.1. The lowest BCUT2D eigenvalue weighted by molar-refractivity contribution is 0.0982. The minimum atomic E-state index is -0.157. The minimum Gasteiger partial charge on any atom is -0.308 e. The predicted molar refractivity (Wildman–Crippen MR) is 138 cm³/mol. The highest BCUT2D eigenvalue weighted by molar-refractivity contribution is 7.22. The molecule has 0 fully saturated rings. The van der Waals surface area contributed by atoms with Crippen LogP contribution in [0.25, 0.3) is 10.2 Å². The molecule has 170 valence electrons. The lowest BCUT2D eigenvalue weighted by atomic mass is 10.0. The van der Waals surface area contributed by atoms with Crippen molar-refractivity contribution in [2.75, 3.05) is 32.1 Å². The van der Waals surface area contributed by atoms with E-state index in [1.54, 1.807) is 47.4 Å². The number of hydrogen-bond donors (Lipinski definition) is 0. The van der Waals surface area contributed by atoms with Gasteiger partial charge in [-0.25, -0.2) is 4.98 Å². The number of thiazole rings is 1. The Morgan fingerprint density at radius 1 is 0.879 bits per heavy atom. The van der Waals surface area contributed by atoms with Crippen molar-refractivity contribution < 1.29 is 9.59 Å². The van der Waals surface area contributed by atoms with E-state index >= 15 is 0 Å². The van der Waals surface area contributed by atoms with Crippen molar-refractivity contribution in [3.8, 4) is 0 Å². The fourth-order valence-electron chi connectivity index (χ4n) is 3.26. The number of nitrogens with zero attached hydrogens (tertiary/aromatic N) is 3. The fraction of sp³-hybridized carbons (Fsp3) is 0.160. The normalized spacial score (nSPS) is 10.8. The Labute approximate surface area is 208 Å². The maximum Gasteiger partial charge on any atom is 0.260 e. The number of hydrogen-bond acceptors (Lipinski definition) is 5. The summed E-state index contributed by atoms with van der Waals surface area (Å²) in [5.74, 6) is -0.229. The molecule has 1 amide bonds. The molecular formula is C25H23Cl2N3O2S. The minimum absolute atomic E-state index is 0. The number of carbonyl (C=O) groups is 2. The number of fused-ring (bicyclic) bond motifs is 1. The van der Waals surface area contributed by atoms with Gasteiger partial charge in [0.05, 0.1) is 10.2 Å². The number of likely N-dealkylation sites (N-methyl/N-ethyl adjacent to an activating group) is 1. The summed E-state index contributed by atoms with van der Waals surface area (Å²) < 4.78 is 0.930. The standard InChI is InChI=1S/C25H22ClN3O2S.ClH/c1-28(2)14-15-29(25-27-21-13-12-20(26)16-22(21)32-25)24(31)19-10-8-18(9-11-19)23(30)17-6-4-3-5-7-17;/h3-13,16H,14-15H2,1-2H3;1H. The van der Waals surface area contributed by atoms with Gasteiger partial charge in [-0.3, -0.25) is 14.5 Å². The Balaban J connectivity index is 0.00000306. The van der Waals surface area contributed by atoms with Crippen LogP contribution in [0.15, 0.2) is 72.8 Å². The summed E-state index contributed by atoms with van der Waals surface area (Å²) in [4.78, 5) is 34.4. The number of rotatable bonds is 7. The zero-order valence-electron chi connectivity index (χ0n) is 18.2. The largest absolute Gasteiger partial charge is 0.308 e. The molecule has 3 aromatic carbocycles. The van der Waals surface area contributed by atoms with Gasteiger partial charge in [0.2, 0.25) is 0 Å². The summed E-state index contributed by atoms with van der Waals surface area (Å²) in [5.41, 5.74) is 2.47. The molecule has 0 radical (unpaired) electrons. The van der Waals surface area contributed by atoms with Gasteiger partial charge in [0.15, 0.2) is 10.9 Å². The number of benzene rings is 3. The van der Waals surface area contributed by atoms with E-state index in [2.05, 4.69) is 4.98 Å². The second-order valence-corrected chi connectivity index (χ2v) is 9.09. The Bertz CT molecular complexity index is 1260. The second kappa shape index (κ2) is 10.9. The van der Waals surface area contributed by atoms with Crippen LogP contribution in [0, 0.1) is 0 Å². The van der Waals surface area contributed by atoms with Crippen molar-refractivity contribution in [2.45, 2.75) is 0 Å². The highest BCUT2D eigenvalue weighted by atomic mass is 35.5. The van der Waals surface area contributed by atoms with E-state index in [9.17, 15) is 9.59 Å². The molecule has 8 heteroatoms. The molecule has 4 aromatic rings. The summed E-state index contributed by atoms with van der Waals surface area (Å²) in [7, 11) is 3.93. The summed E-state index contributed by atoms with van der Waals surface area (Å²) >= 11 is 7.55. The number of aromatic nitrogens is 1. The fourth-order valence-corrected chi connectivity index (χ4v) is 4.53. The van der Waals surface area contributed by atoms with Crippen LogP contribution in [-0.4, -0.2) is 48.8 Å². The van der Waals surface area contributed by atoms with Gasteiger partial charge < -0.3 is 4.90 Å². The van der Waals surface area contributed by atoms with Gasteiger partial charge in [0, 0.05) is 34.8 Å². The number of anilines is 1. The van der Waals surface area contributed by atoms with Gasteiger partial charge in [0.25, 0.3) is 5.91 Å². The van der Waals surface area contributed by atoms with Crippen LogP contribution >= 0.6 is 35.3 Å². The molecule has 0 bridgehead atoms. The van der Waals surface area contributed by atoms with E-state index in [0.717, 1.165) is 10.2 Å². The van der Waals surface area contributed by atoms with E-state index in [1.165, 1.54) is 11.3 Å². The molecule has 0 saturated heterocycles. The summed E-state index contributed by atoms with van der Waals surface area (Å²) in [5, 5.41) is 1.26. The maximum absolute atomic E-state index is 13.4. The molecule has 0 aliphatic rings. The van der Waals surface area contributed by atoms with Gasteiger partial charge in [-0.1, -0.05) is 65.4 Å². The lowest BCUT2D eigenvalue weighted by Gasteiger charge is -2.22. The molecule has 5 nitrogen and oxygen atoms in total. The predicted octanol–water partition coefficient (Wildman–Crippen LogP) is 5.81. The van der Waals surface area contributed by atoms with Gasteiger partial charge >= 0.3 is 0 Å². The third-order valence-electron chi connectivity index (χ3n) is 5.02. The smallest absolute Gasteiger partial charge is 0.260 e. The summed E-state index contributed by atoms with van der Waals surface area (Å²) in [6, 6.07) is 21.4. The number of halogens is 2. The summed E-state index contributed by atoms with van der Waals surface area (Å²) in [6.07, 6.45) is 0. The average molecular weight is 500 g/mol. The molecule has 33 heavy (non-hydrogen) atoms. The monoisotopic (exact) mass is 499 g/mol. The molecule has 4 rings (SSSR count). The van der Waals surface area contributed by atoms with E-state index in [0.29, 0.717) is 39.9 Å². The lowest BCUT2D eigenvalue weighted by Crippen LogP contribution is -2.36. The maximum atomic E-state index is 13.4. The molecule has 0 N–H and O–H groups in total. The molecule has 0 atom stereocenters. The topological polar surface area (TPSA) is 53.5 Å². The Morgan fingerprint density at radius 2 is 1.52 bits per heavy atom. The number of ketones is 1. The van der Waals surface area contributed by atoms with E-state index in [1.807, 2.05) is 49.3 Å². The first kappa shape index (κ1) is 24.9. The quantitative estimate of drug-likeness (QED) is 0.301. The van der Waals surface area contributed by atoms with E-state index in [-0.39, 0.29) is 24.1 Å². The van der Waals surface area contributed by atoms with Crippen molar-refractivity contribution in [2.24, 2.45) is 0 Å². The Morgan fingerprint density at radius 3 is 2.18 bits per heavy atom. The molecule has 0 saturated carbocycles. The van der Waals surface area contributed by atoms with Gasteiger partial charge in [-0.15, -0.1) is 12.4 Å². The molecular weight excluding hydrogens is 477 g/mol. The zero-order valence-corrected chi connectivity index (χ0v) is 20.6. The molecule has 0 unspecified atom stereocenters. The van der Waals surface area contributed by atoms with Crippen molar-refractivity contribution in [3.05, 3.63) is 94.5 Å². The number of amides is 1. The molecule has 1 heterocycles. The summed E-state index contributed by atoms with van der Waals surface area (Å²) in [6.45, 7) is 1.18. The molecule has 0 spiro atoms. The third kappa shape index (κ3) is 5.78. The van der Waals surface area contributed by atoms with Gasteiger partial charge in [0.1, 0.15) is 0 Å². The van der Waals surface area contributed by atoms with Crippen molar-refractivity contribution in [3.63, 3.8) is 0 Å². The zero-order chi connectivity index (χ0) is 22.7. The Hall–Kier alpha value is -2.77. The highest BCUT2D eigenvalue weighted by Crippen LogP contribution is 2.31. The van der Waals surface area contributed by atoms with Crippen LogP contribution in [0.2, 0.25) is 5.02 Å². The van der Waals surface area contributed by atoms with Crippen LogP contribution < -0.4 is 4.90 Å². The third-order valence-corrected chi connectivity index (χ3v) is 6.29. The highest BCUT2D eigenvalue weighted by Gasteiger charge is 2.22. The van der Waals surface area contributed by atoms with Gasteiger partial charge in [-0.05, 0) is 44.4 Å². The SMILES string of the molecule is CN(C)CCN(C(=O)c1ccc(C(=O)c2ccccc2)cc1)c1nc2ccc(Cl)cc2s1.Cl. The van der Waals surface area contributed by atoms with E-state index < -0.39 is 0 Å². The number of carbonyl (C=O) groups excluding carboxylic acids is 2. The Kier molecular flexibility index (Phi) is 8.21. The van der Waals surface area contributed by atoms with Crippen LogP contribution in [0.5, 0.6) is 0 Å². The van der Waals surface area contributed by atoms with Crippen molar-refractivity contribution in [1.82, 2.24) is 9.88 Å². The first-order valence-corrected chi connectivity index (χ1v) is 11.3. The van der Waals surface area contributed by atoms with E-state index in [4.69, 9.17) is 11.6 Å². The van der Waals surface area contributed by atoms with Gasteiger partial charge in [-0.2, -0.15) is 0 Å². The molecule has 1 aromatic heterocycles. The van der Waals surface area contributed by atoms with Crippen molar-refractivity contribution >= 4 is 62.4 Å². The molecule has 0 aliphatic carbocycles. The van der Waals surface area contributed by atoms with Crippen molar-refractivity contribution in [1.29, 1.82) is 0 Å². The van der Waals surface area contributed by atoms with Crippen LogP contribution in [0.1, 0.15) is 26.3 Å². The first-order chi connectivity index (χ1) is 15.4. The molecule has 0 aliphatic heterocycles. The average Bonchev–Trinajstić information content (AvgIpc) is 3.22. The van der Waals surface area contributed by atoms with Crippen LogP contribution in [0.3, 0.4) is 0 Å². The van der Waals surface area contributed by atoms with Crippen LogP contribution in [0.4, 0.5) is 5.13 Å². The van der Waals surface area contributed by atoms with Crippen LogP contribution in [-0.2, 0) is 0 Å².